The molecule has 1 amide bonds. The van der Waals surface area contributed by atoms with Crippen LogP contribution in [-0.2, 0) is 22.6 Å². The number of hydrogen-bond acceptors (Lipinski definition) is 5. The highest BCUT2D eigenvalue weighted by Crippen LogP contribution is 2.18. The highest BCUT2D eigenvalue weighted by Gasteiger charge is 2.10. The molecule has 6 nitrogen and oxygen atoms in total. The molecule has 0 saturated heterocycles. The van der Waals surface area contributed by atoms with E-state index >= 15 is 0 Å². The average molecular weight is 374 g/mol. The molecule has 0 atom stereocenters. The van der Waals surface area contributed by atoms with Crippen LogP contribution in [0.5, 0.6) is 5.75 Å². The summed E-state index contributed by atoms with van der Waals surface area (Å²) in [4.78, 5) is 25.3. The van der Waals surface area contributed by atoms with Crippen molar-refractivity contribution in [2.45, 2.75) is 13.1 Å². The number of hydrogen-bond donors (Lipinski definition) is 1. The molecule has 2 rings (SSSR count). The predicted octanol–water partition coefficient (Wildman–Crippen LogP) is 2.37. The van der Waals surface area contributed by atoms with Gasteiger partial charge >= 0.3 is 5.97 Å². The van der Waals surface area contributed by atoms with Crippen LogP contribution in [0.15, 0.2) is 42.5 Å². The molecule has 0 radical (unpaired) electrons. The quantitative estimate of drug-likeness (QED) is 0.719. The standard InChI is InChI=1S/C20H23FN2O4/c1-23(12-15-6-9-18(26-2)17(21)10-15)13-19(24)22-11-14-4-7-16(8-5-14)20(25)27-3/h4-10H,11-13H2,1-3H3,(H,22,24). The Balaban J connectivity index is 1.81. The summed E-state index contributed by atoms with van der Waals surface area (Å²) in [6.45, 7) is 0.960. The Kier molecular flexibility index (Phi) is 7.31. The number of nitrogens with zero attached hydrogens (tertiary/aromatic N) is 1. The first kappa shape index (κ1) is 20.4. The minimum atomic E-state index is -0.428. The summed E-state index contributed by atoms with van der Waals surface area (Å²) < 4.78 is 23.3. The second kappa shape index (κ2) is 9.68. The van der Waals surface area contributed by atoms with Crippen molar-refractivity contribution in [1.29, 1.82) is 0 Å². The topological polar surface area (TPSA) is 67.9 Å². The van der Waals surface area contributed by atoms with Gasteiger partial charge in [0.2, 0.25) is 5.91 Å². The van der Waals surface area contributed by atoms with Crippen molar-refractivity contribution in [1.82, 2.24) is 10.2 Å². The zero-order valence-electron chi connectivity index (χ0n) is 15.6. The molecule has 0 aliphatic rings. The van der Waals surface area contributed by atoms with Crippen LogP contribution in [0.25, 0.3) is 0 Å². The molecule has 0 bridgehead atoms. The molecule has 1 N–H and O–H groups in total. The van der Waals surface area contributed by atoms with Gasteiger partial charge in [0.1, 0.15) is 0 Å². The van der Waals surface area contributed by atoms with E-state index in [-0.39, 0.29) is 18.2 Å². The van der Waals surface area contributed by atoms with E-state index in [1.165, 1.54) is 20.3 Å². The number of carbonyl (C=O) groups excluding carboxylic acids is 2. The Morgan fingerprint density at radius 2 is 1.74 bits per heavy atom. The zero-order chi connectivity index (χ0) is 19.8. The molecule has 0 aliphatic heterocycles. The monoisotopic (exact) mass is 374 g/mol. The van der Waals surface area contributed by atoms with Crippen LogP contribution < -0.4 is 10.1 Å². The molecular weight excluding hydrogens is 351 g/mol. The maximum absolute atomic E-state index is 13.7. The molecule has 0 spiro atoms. The summed E-state index contributed by atoms with van der Waals surface area (Å²) in [6.07, 6.45) is 0. The van der Waals surface area contributed by atoms with Crippen molar-refractivity contribution in [3.63, 3.8) is 0 Å². The van der Waals surface area contributed by atoms with Crippen LogP contribution in [0.3, 0.4) is 0 Å². The number of carbonyl (C=O) groups is 2. The predicted molar refractivity (Wildman–Crippen MR) is 98.9 cm³/mol. The molecule has 0 aliphatic carbocycles. The summed E-state index contributed by atoms with van der Waals surface area (Å²) in [5.74, 6) is -0.786. The van der Waals surface area contributed by atoms with Gasteiger partial charge in [-0.3, -0.25) is 9.69 Å². The normalized spacial score (nSPS) is 10.6. The first-order valence-corrected chi connectivity index (χ1v) is 8.38. The van der Waals surface area contributed by atoms with E-state index in [9.17, 15) is 14.0 Å². The third kappa shape index (κ3) is 6.07. The summed E-state index contributed by atoms with van der Waals surface area (Å²) in [6, 6.07) is 11.5. The van der Waals surface area contributed by atoms with Crippen LogP contribution in [0.4, 0.5) is 4.39 Å². The fourth-order valence-corrected chi connectivity index (χ4v) is 2.55. The Hall–Kier alpha value is -2.93. The Morgan fingerprint density at radius 1 is 1.07 bits per heavy atom. The van der Waals surface area contributed by atoms with Crippen LogP contribution in [0.2, 0.25) is 0 Å². The van der Waals surface area contributed by atoms with E-state index < -0.39 is 11.8 Å². The Bertz CT molecular complexity index is 793. The van der Waals surface area contributed by atoms with E-state index in [1.807, 2.05) is 0 Å². The molecule has 27 heavy (non-hydrogen) atoms. The Labute approximate surface area is 157 Å². The van der Waals surface area contributed by atoms with Gasteiger partial charge in [-0.2, -0.15) is 0 Å². The lowest BCUT2D eigenvalue weighted by Gasteiger charge is -2.17. The first-order chi connectivity index (χ1) is 12.9. The maximum atomic E-state index is 13.7. The lowest BCUT2D eigenvalue weighted by Crippen LogP contribution is -2.34. The molecule has 0 saturated carbocycles. The molecular formula is C20H23FN2O4. The van der Waals surface area contributed by atoms with Crippen LogP contribution in [0.1, 0.15) is 21.5 Å². The fourth-order valence-electron chi connectivity index (χ4n) is 2.55. The van der Waals surface area contributed by atoms with Crippen LogP contribution in [-0.4, -0.2) is 44.6 Å². The number of halogens is 1. The third-order valence-corrected chi connectivity index (χ3v) is 3.95. The largest absolute Gasteiger partial charge is 0.494 e. The van der Waals surface area contributed by atoms with Gasteiger partial charge in [0, 0.05) is 13.1 Å². The minimum Gasteiger partial charge on any atom is -0.494 e. The van der Waals surface area contributed by atoms with Crippen molar-refractivity contribution in [3.05, 3.63) is 65.0 Å². The average Bonchev–Trinajstić information content (AvgIpc) is 2.66. The van der Waals surface area contributed by atoms with Crippen molar-refractivity contribution in [3.8, 4) is 5.75 Å². The Morgan fingerprint density at radius 3 is 2.33 bits per heavy atom. The van der Waals surface area contributed by atoms with E-state index in [0.29, 0.717) is 18.7 Å². The smallest absolute Gasteiger partial charge is 0.337 e. The number of esters is 1. The number of methoxy groups -OCH3 is 2. The van der Waals surface area contributed by atoms with Gasteiger partial charge in [0.25, 0.3) is 0 Å². The van der Waals surface area contributed by atoms with E-state index in [4.69, 9.17) is 4.74 Å². The fraction of sp³-hybridized carbons (Fsp3) is 0.300. The van der Waals surface area contributed by atoms with E-state index in [1.54, 1.807) is 48.3 Å². The molecule has 144 valence electrons. The van der Waals surface area contributed by atoms with E-state index in [0.717, 1.165) is 11.1 Å². The van der Waals surface area contributed by atoms with Crippen molar-refractivity contribution < 1.29 is 23.5 Å². The molecule has 0 heterocycles. The van der Waals surface area contributed by atoms with Gasteiger partial charge in [0.15, 0.2) is 11.6 Å². The lowest BCUT2D eigenvalue weighted by atomic mass is 10.1. The van der Waals surface area contributed by atoms with Crippen molar-refractivity contribution >= 4 is 11.9 Å². The van der Waals surface area contributed by atoms with Gasteiger partial charge in [-0.05, 0) is 42.4 Å². The van der Waals surface area contributed by atoms with Crippen LogP contribution >= 0.6 is 0 Å². The first-order valence-electron chi connectivity index (χ1n) is 8.38. The number of benzene rings is 2. The van der Waals surface area contributed by atoms with Crippen molar-refractivity contribution in [2.24, 2.45) is 0 Å². The van der Waals surface area contributed by atoms with Crippen LogP contribution in [0, 0.1) is 5.82 Å². The van der Waals surface area contributed by atoms with Gasteiger partial charge in [-0.15, -0.1) is 0 Å². The SMILES string of the molecule is COC(=O)c1ccc(CNC(=O)CN(C)Cc2ccc(OC)c(F)c2)cc1. The number of nitrogens with one attached hydrogen (secondary N) is 1. The second-order valence-corrected chi connectivity index (χ2v) is 6.11. The van der Waals surface area contributed by atoms with Gasteiger partial charge in [-0.25, -0.2) is 9.18 Å². The molecule has 0 fully saturated rings. The third-order valence-electron chi connectivity index (χ3n) is 3.95. The molecule has 2 aromatic rings. The zero-order valence-corrected chi connectivity index (χ0v) is 15.6. The second-order valence-electron chi connectivity index (χ2n) is 6.11. The summed E-state index contributed by atoms with van der Waals surface area (Å²) in [5, 5.41) is 2.82. The number of likely N-dealkylation sites (N-methyl/N-ethyl adjacent to an activating group) is 1. The van der Waals surface area contributed by atoms with E-state index in [2.05, 4.69) is 10.1 Å². The molecule has 0 aromatic heterocycles. The van der Waals surface area contributed by atoms with Gasteiger partial charge in [0.05, 0.1) is 26.3 Å². The lowest BCUT2D eigenvalue weighted by molar-refractivity contribution is -0.122. The molecule has 7 heteroatoms. The molecule has 2 aromatic carbocycles. The maximum Gasteiger partial charge on any atom is 0.337 e. The highest BCUT2D eigenvalue weighted by atomic mass is 19.1. The molecule has 0 unspecified atom stereocenters. The number of amides is 1. The number of rotatable bonds is 8. The summed E-state index contributed by atoms with van der Waals surface area (Å²) >= 11 is 0. The highest BCUT2D eigenvalue weighted by molar-refractivity contribution is 5.89. The summed E-state index contributed by atoms with van der Waals surface area (Å²) in [5.41, 5.74) is 2.08. The number of ether oxygens (including phenoxy) is 2. The minimum absolute atomic E-state index is 0.150. The van der Waals surface area contributed by atoms with Crippen molar-refractivity contribution in [2.75, 3.05) is 27.8 Å². The van der Waals surface area contributed by atoms with Gasteiger partial charge in [-0.1, -0.05) is 18.2 Å². The van der Waals surface area contributed by atoms with Gasteiger partial charge < -0.3 is 14.8 Å². The summed E-state index contributed by atoms with van der Waals surface area (Å²) in [7, 11) is 4.53.